The number of aliphatic hydroxyl groups excluding tert-OH is 2. The lowest BCUT2D eigenvalue weighted by Gasteiger charge is -2.22. The lowest BCUT2D eigenvalue weighted by atomic mass is 10.0. The second-order valence-corrected chi connectivity index (χ2v) is 14.8. The highest BCUT2D eigenvalue weighted by atomic mass is 16.3. The van der Waals surface area contributed by atoms with Gasteiger partial charge in [-0.25, -0.2) is 0 Å². The minimum atomic E-state index is -0.660. The number of allylic oxidation sites excluding steroid dienone is 4. The summed E-state index contributed by atoms with van der Waals surface area (Å²) in [6, 6.07) is -0.538. The molecule has 0 aromatic heterocycles. The van der Waals surface area contributed by atoms with Crippen LogP contribution in [-0.4, -0.2) is 34.9 Å². The maximum Gasteiger partial charge on any atom is 0.220 e. The average Bonchev–Trinajstić information content (AvgIpc) is 3.09. The number of amides is 1. The lowest BCUT2D eigenvalue weighted by molar-refractivity contribution is -0.123. The molecule has 0 heterocycles. The predicted octanol–water partition coefficient (Wildman–Crippen LogP) is 13.2. The Morgan fingerprint density at radius 1 is 0.500 bits per heavy atom. The molecule has 0 aromatic carbocycles. The maximum atomic E-state index is 12.4. The summed E-state index contributed by atoms with van der Waals surface area (Å²) in [5, 5.41) is 23.1. The Bertz CT molecular complexity index is 691. The lowest BCUT2D eigenvalue weighted by Crippen LogP contribution is -2.45. The van der Waals surface area contributed by atoms with Crippen LogP contribution in [0.5, 0.6) is 0 Å². The van der Waals surface area contributed by atoms with Crippen molar-refractivity contribution < 1.29 is 15.0 Å². The van der Waals surface area contributed by atoms with E-state index in [1.165, 1.54) is 173 Å². The normalized spacial score (nSPS) is 13.2. The van der Waals surface area contributed by atoms with E-state index in [1.54, 1.807) is 0 Å². The zero-order valence-corrected chi connectivity index (χ0v) is 32.5. The second-order valence-electron chi connectivity index (χ2n) is 14.8. The topological polar surface area (TPSA) is 69.6 Å². The molecule has 0 spiro atoms. The molecule has 0 aliphatic rings. The number of hydrogen-bond acceptors (Lipinski definition) is 3. The highest BCUT2D eigenvalue weighted by Gasteiger charge is 2.19. The number of carbonyl (C=O) groups is 1. The first kappa shape index (κ1) is 46.9. The van der Waals surface area contributed by atoms with E-state index in [0.717, 1.165) is 32.1 Å². The van der Waals surface area contributed by atoms with Crippen molar-refractivity contribution in [2.45, 2.75) is 244 Å². The number of carbonyl (C=O) groups excluding carboxylic acids is 1. The molecule has 4 nitrogen and oxygen atoms in total. The minimum Gasteiger partial charge on any atom is -0.394 e. The summed E-state index contributed by atoms with van der Waals surface area (Å²) in [6.07, 6.45) is 51.1. The van der Waals surface area contributed by atoms with Crippen LogP contribution in [-0.2, 0) is 4.79 Å². The molecule has 4 heteroatoms. The predicted molar refractivity (Wildman–Crippen MR) is 212 cm³/mol. The Balaban J connectivity index is 3.53. The smallest absolute Gasteiger partial charge is 0.220 e. The van der Waals surface area contributed by atoms with Gasteiger partial charge in [0.25, 0.3) is 0 Å². The van der Waals surface area contributed by atoms with Gasteiger partial charge >= 0.3 is 0 Å². The third-order valence-corrected chi connectivity index (χ3v) is 9.97. The van der Waals surface area contributed by atoms with E-state index in [1.807, 2.05) is 0 Å². The molecule has 0 aliphatic heterocycles. The summed E-state index contributed by atoms with van der Waals surface area (Å²) >= 11 is 0. The van der Waals surface area contributed by atoms with E-state index in [4.69, 9.17) is 0 Å². The van der Waals surface area contributed by atoms with Gasteiger partial charge in [0.1, 0.15) is 0 Å². The standard InChI is InChI=1S/C44H85NO3/c1-3-5-7-9-11-13-15-17-18-19-20-21-22-23-24-25-26-28-30-32-34-36-38-40-44(48)45-42(41-46)43(47)39-37-35-33-31-29-27-16-14-12-10-8-6-4-2/h20-21,23-24,42-43,46-47H,3-19,22,25-41H2,1-2H3,(H,45,48)/b21-20-,24-23-. The van der Waals surface area contributed by atoms with Crippen molar-refractivity contribution in [1.29, 1.82) is 0 Å². The Hall–Kier alpha value is -1.13. The van der Waals surface area contributed by atoms with Gasteiger partial charge in [-0.3, -0.25) is 4.79 Å². The maximum absolute atomic E-state index is 12.4. The van der Waals surface area contributed by atoms with Crippen molar-refractivity contribution in [3.05, 3.63) is 24.3 Å². The molecule has 284 valence electrons. The summed E-state index contributed by atoms with van der Waals surface area (Å²) < 4.78 is 0. The largest absolute Gasteiger partial charge is 0.394 e. The Kier molecular flexibility index (Phi) is 39.4. The van der Waals surface area contributed by atoms with E-state index in [-0.39, 0.29) is 12.5 Å². The first-order valence-corrected chi connectivity index (χ1v) is 21.5. The van der Waals surface area contributed by atoms with Gasteiger partial charge in [-0.2, -0.15) is 0 Å². The van der Waals surface area contributed by atoms with Gasteiger partial charge in [-0.05, 0) is 44.9 Å². The van der Waals surface area contributed by atoms with Crippen molar-refractivity contribution >= 4 is 5.91 Å². The second kappa shape index (κ2) is 40.3. The number of nitrogens with one attached hydrogen (secondary N) is 1. The van der Waals surface area contributed by atoms with Crippen LogP contribution in [0.4, 0.5) is 0 Å². The van der Waals surface area contributed by atoms with Crippen LogP contribution in [0.2, 0.25) is 0 Å². The third kappa shape index (κ3) is 36.2. The van der Waals surface area contributed by atoms with Crippen molar-refractivity contribution in [3.8, 4) is 0 Å². The van der Waals surface area contributed by atoms with Crippen LogP contribution in [0.3, 0.4) is 0 Å². The van der Waals surface area contributed by atoms with Crippen LogP contribution in [0.25, 0.3) is 0 Å². The minimum absolute atomic E-state index is 0.0383. The molecule has 0 aromatic rings. The molecule has 0 saturated carbocycles. The van der Waals surface area contributed by atoms with Gasteiger partial charge in [0.15, 0.2) is 0 Å². The summed E-state index contributed by atoms with van der Waals surface area (Å²) in [5.41, 5.74) is 0. The molecule has 0 radical (unpaired) electrons. The Morgan fingerprint density at radius 2 is 0.854 bits per heavy atom. The molecule has 48 heavy (non-hydrogen) atoms. The monoisotopic (exact) mass is 676 g/mol. The van der Waals surface area contributed by atoms with Crippen LogP contribution in [0.15, 0.2) is 24.3 Å². The summed E-state index contributed by atoms with van der Waals surface area (Å²) in [4.78, 5) is 12.4. The van der Waals surface area contributed by atoms with Crippen LogP contribution in [0.1, 0.15) is 232 Å². The molecule has 0 fully saturated rings. The van der Waals surface area contributed by atoms with Crippen LogP contribution in [0, 0.1) is 0 Å². The molecule has 0 bridgehead atoms. The highest BCUT2D eigenvalue weighted by Crippen LogP contribution is 2.15. The van der Waals surface area contributed by atoms with Crippen molar-refractivity contribution in [1.82, 2.24) is 5.32 Å². The number of rotatable bonds is 39. The molecule has 2 atom stereocenters. The van der Waals surface area contributed by atoms with E-state index in [9.17, 15) is 15.0 Å². The van der Waals surface area contributed by atoms with E-state index in [2.05, 4.69) is 43.5 Å². The van der Waals surface area contributed by atoms with Gasteiger partial charge in [0.05, 0.1) is 18.8 Å². The molecular weight excluding hydrogens is 590 g/mol. The molecule has 2 unspecified atom stereocenters. The fourth-order valence-electron chi connectivity index (χ4n) is 6.63. The quantitative estimate of drug-likeness (QED) is 0.0448. The van der Waals surface area contributed by atoms with Crippen molar-refractivity contribution in [2.75, 3.05) is 6.61 Å². The fourth-order valence-corrected chi connectivity index (χ4v) is 6.63. The summed E-state index contributed by atoms with van der Waals surface area (Å²) in [5.74, 6) is -0.0383. The molecule has 3 N–H and O–H groups in total. The van der Waals surface area contributed by atoms with Gasteiger partial charge in [-0.1, -0.05) is 205 Å². The SMILES string of the molecule is CCCCCCCCCCC/C=C\C/C=C\CCCCCCCCCC(=O)NC(CO)C(O)CCCCCCCCCCCCCCC. The zero-order valence-electron chi connectivity index (χ0n) is 32.5. The van der Waals surface area contributed by atoms with E-state index in [0.29, 0.717) is 12.8 Å². The van der Waals surface area contributed by atoms with Gasteiger partial charge in [0, 0.05) is 6.42 Å². The molecule has 0 aliphatic carbocycles. The Morgan fingerprint density at radius 3 is 1.25 bits per heavy atom. The molecule has 0 saturated heterocycles. The number of hydrogen-bond donors (Lipinski definition) is 3. The van der Waals surface area contributed by atoms with E-state index >= 15 is 0 Å². The fraction of sp³-hybridized carbons (Fsp3) is 0.886. The number of aliphatic hydroxyl groups is 2. The van der Waals surface area contributed by atoms with Crippen LogP contribution >= 0.6 is 0 Å². The summed E-state index contributed by atoms with van der Waals surface area (Å²) in [7, 11) is 0. The highest BCUT2D eigenvalue weighted by molar-refractivity contribution is 5.76. The molecule has 1 amide bonds. The van der Waals surface area contributed by atoms with Gasteiger partial charge in [-0.15, -0.1) is 0 Å². The zero-order chi connectivity index (χ0) is 35.0. The molecule has 0 rings (SSSR count). The first-order chi connectivity index (χ1) is 23.7. The summed E-state index contributed by atoms with van der Waals surface area (Å²) in [6.45, 7) is 4.36. The third-order valence-electron chi connectivity index (χ3n) is 9.97. The van der Waals surface area contributed by atoms with Crippen LogP contribution < -0.4 is 5.32 Å². The van der Waals surface area contributed by atoms with E-state index < -0.39 is 12.1 Å². The average molecular weight is 676 g/mol. The van der Waals surface area contributed by atoms with Gasteiger partial charge in [0.2, 0.25) is 5.91 Å². The first-order valence-electron chi connectivity index (χ1n) is 21.5. The van der Waals surface area contributed by atoms with Gasteiger partial charge < -0.3 is 15.5 Å². The Labute approximate surface area is 300 Å². The number of unbranched alkanes of at least 4 members (excludes halogenated alkanes) is 28. The van der Waals surface area contributed by atoms with Crippen molar-refractivity contribution in [2.24, 2.45) is 0 Å². The molecular formula is C44H85NO3. The van der Waals surface area contributed by atoms with Crippen molar-refractivity contribution in [3.63, 3.8) is 0 Å².